The van der Waals surface area contributed by atoms with Gasteiger partial charge >= 0.3 is 5.97 Å². The molecule has 0 aliphatic heterocycles. The minimum Gasteiger partial charge on any atom is -0.492 e. The van der Waals surface area contributed by atoms with Crippen LogP contribution >= 0.6 is 0 Å². The zero-order valence-corrected chi connectivity index (χ0v) is 11.6. The molecule has 1 heterocycles. The van der Waals surface area contributed by atoms with Crippen molar-refractivity contribution >= 4 is 17.5 Å². The molecule has 7 nitrogen and oxygen atoms in total. The lowest BCUT2D eigenvalue weighted by Gasteiger charge is -2.08. The number of ether oxygens (including phenoxy) is 2. The number of carbonyl (C=O) groups excluding carboxylic acids is 1. The van der Waals surface area contributed by atoms with E-state index >= 15 is 0 Å². The summed E-state index contributed by atoms with van der Waals surface area (Å²) in [6, 6.07) is 8.98. The van der Waals surface area contributed by atoms with Gasteiger partial charge in [-0.3, -0.25) is 0 Å². The fraction of sp³-hybridized carbons (Fsp3) is 0.214. The maximum Gasteiger partial charge on any atom is 0.376 e. The van der Waals surface area contributed by atoms with Crippen molar-refractivity contribution in [2.75, 3.05) is 25.6 Å². The molecule has 1 aromatic carbocycles. The van der Waals surface area contributed by atoms with Crippen molar-refractivity contribution in [3.63, 3.8) is 0 Å². The molecule has 2 rings (SSSR count). The van der Waals surface area contributed by atoms with Gasteiger partial charge < -0.3 is 20.5 Å². The predicted molar refractivity (Wildman–Crippen MR) is 77.6 cm³/mol. The molecular weight excluding hydrogens is 272 g/mol. The molecule has 3 N–H and O–H groups in total. The van der Waals surface area contributed by atoms with E-state index in [1.54, 1.807) is 6.07 Å². The van der Waals surface area contributed by atoms with Crippen LogP contribution in [-0.4, -0.2) is 36.2 Å². The first-order valence-corrected chi connectivity index (χ1v) is 6.34. The molecule has 0 saturated heterocycles. The molecule has 0 amide bonds. The number of anilines is 2. The number of hydrogen-bond donors (Lipinski definition) is 2. The summed E-state index contributed by atoms with van der Waals surface area (Å²) in [6.45, 7) is 0.943. The van der Waals surface area contributed by atoms with Crippen LogP contribution in [0.25, 0.3) is 0 Å². The second-order valence-corrected chi connectivity index (χ2v) is 4.04. The Morgan fingerprint density at radius 1 is 1.29 bits per heavy atom. The Morgan fingerprint density at radius 2 is 2.05 bits per heavy atom. The monoisotopic (exact) mass is 288 g/mol. The van der Waals surface area contributed by atoms with Gasteiger partial charge in [-0.05, 0) is 30.3 Å². The van der Waals surface area contributed by atoms with Crippen LogP contribution in [0, 0.1) is 0 Å². The summed E-state index contributed by atoms with van der Waals surface area (Å²) in [4.78, 5) is 19.3. The van der Waals surface area contributed by atoms with E-state index in [0.717, 1.165) is 11.4 Å². The van der Waals surface area contributed by atoms with Crippen LogP contribution in [-0.2, 0) is 4.74 Å². The van der Waals surface area contributed by atoms with Gasteiger partial charge in [0.15, 0.2) is 0 Å². The summed E-state index contributed by atoms with van der Waals surface area (Å²) in [5.41, 5.74) is 6.18. The van der Waals surface area contributed by atoms with Gasteiger partial charge in [-0.15, -0.1) is 0 Å². The Morgan fingerprint density at radius 3 is 2.71 bits per heavy atom. The van der Waals surface area contributed by atoms with Crippen LogP contribution in [0.2, 0.25) is 0 Å². The van der Waals surface area contributed by atoms with E-state index in [9.17, 15) is 4.79 Å². The maximum atomic E-state index is 11.4. The number of aromatic nitrogens is 2. The van der Waals surface area contributed by atoms with Gasteiger partial charge in [0.05, 0.1) is 7.11 Å². The summed E-state index contributed by atoms with van der Waals surface area (Å²) >= 11 is 0. The standard InChI is InChI=1S/C14H16N4O3/c1-20-14(19)13-16-8-6-12(18-13)17-10-2-4-11(5-3-10)21-9-7-15/h2-6,8H,7,9,15H2,1H3,(H,16,17,18). The van der Waals surface area contributed by atoms with Gasteiger partial charge in [-0.1, -0.05) is 0 Å². The molecule has 0 aliphatic carbocycles. The smallest absolute Gasteiger partial charge is 0.376 e. The molecule has 2 aromatic rings. The van der Waals surface area contributed by atoms with E-state index in [0.29, 0.717) is 19.0 Å². The highest BCUT2D eigenvalue weighted by atomic mass is 16.5. The number of rotatable bonds is 6. The van der Waals surface area contributed by atoms with Crippen LogP contribution in [0.3, 0.4) is 0 Å². The molecule has 0 radical (unpaired) electrons. The number of nitrogens with zero attached hydrogens (tertiary/aromatic N) is 2. The van der Waals surface area contributed by atoms with Crippen LogP contribution in [0.5, 0.6) is 5.75 Å². The van der Waals surface area contributed by atoms with E-state index in [2.05, 4.69) is 20.0 Å². The normalized spacial score (nSPS) is 10.0. The van der Waals surface area contributed by atoms with Crippen molar-refractivity contribution in [1.82, 2.24) is 9.97 Å². The molecular formula is C14H16N4O3. The molecule has 110 valence electrons. The van der Waals surface area contributed by atoms with Crippen LogP contribution < -0.4 is 15.8 Å². The van der Waals surface area contributed by atoms with Gasteiger partial charge in [-0.2, -0.15) is 0 Å². The summed E-state index contributed by atoms with van der Waals surface area (Å²) in [5, 5.41) is 3.07. The third-order valence-corrected chi connectivity index (χ3v) is 2.54. The number of nitrogens with one attached hydrogen (secondary N) is 1. The molecule has 0 fully saturated rings. The fourth-order valence-electron chi connectivity index (χ4n) is 1.58. The molecule has 0 aliphatic rings. The average Bonchev–Trinajstić information content (AvgIpc) is 2.53. The van der Waals surface area contributed by atoms with Gasteiger partial charge in [0.25, 0.3) is 0 Å². The second kappa shape index (κ2) is 7.20. The van der Waals surface area contributed by atoms with Crippen LogP contribution in [0.15, 0.2) is 36.5 Å². The highest BCUT2D eigenvalue weighted by Crippen LogP contribution is 2.18. The Bertz CT molecular complexity index is 601. The van der Waals surface area contributed by atoms with E-state index in [1.165, 1.54) is 13.3 Å². The minimum absolute atomic E-state index is 0.00500. The average molecular weight is 288 g/mol. The zero-order valence-electron chi connectivity index (χ0n) is 11.6. The van der Waals surface area contributed by atoms with E-state index in [1.807, 2.05) is 24.3 Å². The van der Waals surface area contributed by atoms with Crippen molar-refractivity contribution in [1.29, 1.82) is 0 Å². The van der Waals surface area contributed by atoms with Gasteiger partial charge in [0.2, 0.25) is 5.82 Å². The first kappa shape index (κ1) is 14.7. The third kappa shape index (κ3) is 4.15. The molecule has 0 bridgehead atoms. The molecule has 1 aromatic heterocycles. The lowest BCUT2D eigenvalue weighted by molar-refractivity contribution is 0.0587. The number of esters is 1. The number of carbonyl (C=O) groups is 1. The second-order valence-electron chi connectivity index (χ2n) is 4.04. The maximum absolute atomic E-state index is 11.4. The quantitative estimate of drug-likeness (QED) is 0.774. The van der Waals surface area contributed by atoms with Crippen molar-refractivity contribution in [3.8, 4) is 5.75 Å². The minimum atomic E-state index is -0.579. The molecule has 0 spiro atoms. The van der Waals surface area contributed by atoms with Crippen molar-refractivity contribution in [3.05, 3.63) is 42.4 Å². The van der Waals surface area contributed by atoms with Crippen LogP contribution in [0.1, 0.15) is 10.6 Å². The Labute approximate surface area is 122 Å². The van der Waals surface area contributed by atoms with E-state index < -0.39 is 5.97 Å². The fourth-order valence-corrected chi connectivity index (χ4v) is 1.58. The Balaban J connectivity index is 2.06. The van der Waals surface area contributed by atoms with Gasteiger partial charge in [0, 0.05) is 18.4 Å². The van der Waals surface area contributed by atoms with E-state index in [4.69, 9.17) is 10.5 Å². The summed E-state index contributed by atoms with van der Waals surface area (Å²) < 4.78 is 9.96. The summed E-state index contributed by atoms with van der Waals surface area (Å²) in [6.07, 6.45) is 1.49. The highest BCUT2D eigenvalue weighted by molar-refractivity contribution is 5.85. The van der Waals surface area contributed by atoms with Crippen LogP contribution in [0.4, 0.5) is 11.5 Å². The summed E-state index contributed by atoms with van der Waals surface area (Å²) in [7, 11) is 1.28. The third-order valence-electron chi connectivity index (χ3n) is 2.54. The number of hydrogen-bond acceptors (Lipinski definition) is 7. The largest absolute Gasteiger partial charge is 0.492 e. The number of benzene rings is 1. The van der Waals surface area contributed by atoms with E-state index in [-0.39, 0.29) is 5.82 Å². The lowest BCUT2D eigenvalue weighted by atomic mass is 10.3. The highest BCUT2D eigenvalue weighted by Gasteiger charge is 2.09. The number of methoxy groups -OCH3 is 1. The topological polar surface area (TPSA) is 99.4 Å². The Kier molecular flexibility index (Phi) is 5.05. The first-order valence-electron chi connectivity index (χ1n) is 6.34. The Hall–Kier alpha value is -2.67. The number of nitrogens with two attached hydrogens (primary N) is 1. The predicted octanol–water partition coefficient (Wildman–Crippen LogP) is 1.34. The van der Waals surface area contributed by atoms with Gasteiger partial charge in [0.1, 0.15) is 18.2 Å². The molecule has 7 heteroatoms. The molecule has 0 atom stereocenters. The lowest BCUT2D eigenvalue weighted by Crippen LogP contribution is -2.10. The molecule has 21 heavy (non-hydrogen) atoms. The van der Waals surface area contributed by atoms with Crippen molar-refractivity contribution < 1.29 is 14.3 Å². The molecule has 0 saturated carbocycles. The first-order chi connectivity index (χ1) is 10.2. The molecule has 0 unspecified atom stereocenters. The van der Waals surface area contributed by atoms with Crippen molar-refractivity contribution in [2.24, 2.45) is 5.73 Å². The zero-order chi connectivity index (χ0) is 15.1. The van der Waals surface area contributed by atoms with Gasteiger partial charge in [-0.25, -0.2) is 14.8 Å². The SMILES string of the molecule is COC(=O)c1nccc(Nc2ccc(OCCN)cc2)n1. The summed E-state index contributed by atoms with van der Waals surface area (Å²) in [5.74, 6) is 0.666. The van der Waals surface area contributed by atoms with Crippen molar-refractivity contribution in [2.45, 2.75) is 0 Å².